The molecule has 1 aromatic heterocycles. The fourth-order valence-electron chi connectivity index (χ4n) is 2.56. The van der Waals surface area contributed by atoms with Gasteiger partial charge in [0.25, 0.3) is 0 Å². The van der Waals surface area contributed by atoms with Gasteiger partial charge in [-0.1, -0.05) is 36.4 Å². The van der Waals surface area contributed by atoms with Crippen molar-refractivity contribution in [2.75, 3.05) is 0 Å². The lowest BCUT2D eigenvalue weighted by Crippen LogP contribution is -2.34. The van der Waals surface area contributed by atoms with Gasteiger partial charge in [0.15, 0.2) is 0 Å². The Kier molecular flexibility index (Phi) is 6.18. The summed E-state index contributed by atoms with van der Waals surface area (Å²) < 4.78 is 5.16. The van der Waals surface area contributed by atoms with Crippen molar-refractivity contribution in [2.24, 2.45) is 0 Å². The van der Waals surface area contributed by atoms with E-state index in [4.69, 9.17) is 4.42 Å². The quantitative estimate of drug-likeness (QED) is 0.732. The van der Waals surface area contributed by atoms with Crippen LogP contribution in [0.1, 0.15) is 43.1 Å². The third-order valence-corrected chi connectivity index (χ3v) is 3.77. The largest absolute Gasteiger partial charge is 0.467 e. The number of carbonyl (C=O) groups is 1. The van der Waals surface area contributed by atoms with Crippen LogP contribution >= 0.6 is 0 Å². The maximum atomic E-state index is 12.2. The average molecular weight is 313 g/mol. The first-order valence-electron chi connectivity index (χ1n) is 7.78. The van der Waals surface area contributed by atoms with E-state index in [2.05, 4.69) is 11.9 Å². The van der Waals surface area contributed by atoms with E-state index in [1.165, 1.54) is 6.26 Å². The molecule has 3 unspecified atom stereocenters. The molecule has 122 valence electrons. The van der Waals surface area contributed by atoms with Gasteiger partial charge in [-0.25, -0.2) is 0 Å². The van der Waals surface area contributed by atoms with Crippen LogP contribution in [0.3, 0.4) is 0 Å². The van der Waals surface area contributed by atoms with E-state index in [-0.39, 0.29) is 17.9 Å². The number of benzene rings is 1. The van der Waals surface area contributed by atoms with Crippen LogP contribution in [0.25, 0.3) is 0 Å². The maximum Gasteiger partial charge on any atom is 0.221 e. The number of hydrogen-bond acceptors (Lipinski definition) is 3. The molecule has 2 rings (SSSR count). The molecule has 0 aliphatic rings. The molecule has 0 spiro atoms. The van der Waals surface area contributed by atoms with E-state index in [1.807, 2.05) is 37.3 Å². The SMILES string of the molecule is C=CC(CC(=O)NC(C)CC(O)c1ccco1)c1ccccc1. The van der Waals surface area contributed by atoms with Gasteiger partial charge >= 0.3 is 0 Å². The molecule has 1 amide bonds. The molecule has 4 nitrogen and oxygen atoms in total. The van der Waals surface area contributed by atoms with Gasteiger partial charge < -0.3 is 14.8 Å². The van der Waals surface area contributed by atoms with Crippen molar-refractivity contribution in [1.82, 2.24) is 5.32 Å². The highest BCUT2D eigenvalue weighted by atomic mass is 16.4. The Hall–Kier alpha value is -2.33. The van der Waals surface area contributed by atoms with Crippen LogP contribution in [0, 0.1) is 0 Å². The van der Waals surface area contributed by atoms with Crippen molar-refractivity contribution in [1.29, 1.82) is 0 Å². The van der Waals surface area contributed by atoms with Crippen molar-refractivity contribution >= 4 is 5.91 Å². The number of rotatable bonds is 8. The van der Waals surface area contributed by atoms with E-state index in [0.29, 0.717) is 18.6 Å². The Labute approximate surface area is 136 Å². The number of allylic oxidation sites excluding steroid dienone is 1. The van der Waals surface area contributed by atoms with Crippen molar-refractivity contribution < 1.29 is 14.3 Å². The fourth-order valence-corrected chi connectivity index (χ4v) is 2.56. The summed E-state index contributed by atoms with van der Waals surface area (Å²) >= 11 is 0. The van der Waals surface area contributed by atoms with Crippen LogP contribution in [0.5, 0.6) is 0 Å². The Morgan fingerprint density at radius 1 is 1.30 bits per heavy atom. The minimum atomic E-state index is -0.718. The molecular formula is C19H23NO3. The van der Waals surface area contributed by atoms with Crippen molar-refractivity contribution in [3.63, 3.8) is 0 Å². The van der Waals surface area contributed by atoms with Crippen LogP contribution in [0.15, 0.2) is 65.8 Å². The Morgan fingerprint density at radius 3 is 2.65 bits per heavy atom. The number of aliphatic hydroxyl groups excluding tert-OH is 1. The number of carbonyl (C=O) groups excluding carboxylic acids is 1. The Morgan fingerprint density at radius 2 is 2.04 bits per heavy atom. The summed E-state index contributed by atoms with van der Waals surface area (Å²) in [6.07, 6.45) is 3.34. The van der Waals surface area contributed by atoms with Crippen molar-refractivity contribution in [3.8, 4) is 0 Å². The number of hydrogen-bond donors (Lipinski definition) is 2. The molecule has 1 aromatic carbocycles. The van der Waals surface area contributed by atoms with Gasteiger partial charge in [-0.05, 0) is 24.6 Å². The lowest BCUT2D eigenvalue weighted by atomic mass is 9.95. The van der Waals surface area contributed by atoms with Crippen molar-refractivity contribution in [2.45, 2.75) is 37.8 Å². The minimum absolute atomic E-state index is 0.0154. The molecule has 3 atom stereocenters. The van der Waals surface area contributed by atoms with Crippen LogP contribution in [0.2, 0.25) is 0 Å². The zero-order valence-electron chi connectivity index (χ0n) is 13.3. The minimum Gasteiger partial charge on any atom is -0.467 e. The third-order valence-electron chi connectivity index (χ3n) is 3.77. The first-order chi connectivity index (χ1) is 11.1. The Bertz CT molecular complexity index is 607. The van der Waals surface area contributed by atoms with E-state index < -0.39 is 6.10 Å². The molecule has 23 heavy (non-hydrogen) atoms. The predicted octanol–water partition coefficient (Wildman–Crippen LogP) is 3.57. The standard InChI is InChI=1S/C19H23NO3/c1-3-15(16-8-5-4-6-9-16)13-19(22)20-14(2)12-17(21)18-10-7-11-23-18/h3-11,14-15,17,21H,1,12-13H2,2H3,(H,20,22). The molecule has 0 aliphatic heterocycles. The lowest BCUT2D eigenvalue weighted by molar-refractivity contribution is -0.122. The van der Waals surface area contributed by atoms with Gasteiger partial charge in [-0.15, -0.1) is 6.58 Å². The molecule has 1 heterocycles. The van der Waals surface area contributed by atoms with Gasteiger partial charge in [-0.3, -0.25) is 4.79 Å². The summed E-state index contributed by atoms with van der Waals surface area (Å²) in [7, 11) is 0. The average Bonchev–Trinajstić information content (AvgIpc) is 3.07. The molecule has 0 saturated carbocycles. The van der Waals surface area contributed by atoms with Gasteiger partial charge in [-0.2, -0.15) is 0 Å². The number of furan rings is 1. The molecule has 2 N–H and O–H groups in total. The van der Waals surface area contributed by atoms with Gasteiger partial charge in [0, 0.05) is 24.8 Å². The highest BCUT2D eigenvalue weighted by Crippen LogP contribution is 2.21. The number of aliphatic hydroxyl groups is 1. The first-order valence-corrected chi connectivity index (χ1v) is 7.78. The summed E-state index contributed by atoms with van der Waals surface area (Å²) in [5.41, 5.74) is 1.07. The Balaban J connectivity index is 1.84. The van der Waals surface area contributed by atoms with Gasteiger partial charge in [0.1, 0.15) is 11.9 Å². The normalized spacial score (nSPS) is 14.7. The first kappa shape index (κ1) is 17.0. The van der Waals surface area contributed by atoms with Crippen LogP contribution in [0.4, 0.5) is 0 Å². The van der Waals surface area contributed by atoms with E-state index in [9.17, 15) is 9.90 Å². The molecule has 0 saturated heterocycles. The van der Waals surface area contributed by atoms with E-state index in [1.54, 1.807) is 18.2 Å². The maximum absolute atomic E-state index is 12.2. The smallest absolute Gasteiger partial charge is 0.221 e. The zero-order chi connectivity index (χ0) is 16.7. The summed E-state index contributed by atoms with van der Waals surface area (Å²) in [5.74, 6) is 0.440. The molecule has 0 radical (unpaired) electrons. The molecule has 2 aromatic rings. The highest BCUT2D eigenvalue weighted by Gasteiger charge is 2.18. The topological polar surface area (TPSA) is 62.5 Å². The summed E-state index contributed by atoms with van der Waals surface area (Å²) in [5, 5.41) is 13.0. The summed E-state index contributed by atoms with van der Waals surface area (Å²) in [6.45, 7) is 5.69. The summed E-state index contributed by atoms with van der Waals surface area (Å²) in [6, 6.07) is 13.1. The van der Waals surface area contributed by atoms with E-state index >= 15 is 0 Å². The fraction of sp³-hybridized carbons (Fsp3) is 0.316. The second-order valence-electron chi connectivity index (χ2n) is 5.69. The number of amides is 1. The van der Waals surface area contributed by atoms with Crippen LogP contribution in [-0.4, -0.2) is 17.1 Å². The number of nitrogens with one attached hydrogen (secondary N) is 1. The van der Waals surface area contributed by atoms with Gasteiger partial charge in [0.05, 0.1) is 6.26 Å². The third kappa shape index (κ3) is 5.11. The molecule has 0 bridgehead atoms. The molecule has 0 fully saturated rings. The molecular weight excluding hydrogens is 290 g/mol. The molecule has 4 heteroatoms. The van der Waals surface area contributed by atoms with Crippen molar-refractivity contribution in [3.05, 3.63) is 72.7 Å². The second-order valence-corrected chi connectivity index (χ2v) is 5.69. The van der Waals surface area contributed by atoms with Crippen LogP contribution in [-0.2, 0) is 4.79 Å². The van der Waals surface area contributed by atoms with E-state index in [0.717, 1.165) is 5.56 Å². The zero-order valence-corrected chi connectivity index (χ0v) is 13.3. The summed E-state index contributed by atoms with van der Waals surface area (Å²) in [4.78, 5) is 12.2. The lowest BCUT2D eigenvalue weighted by Gasteiger charge is -2.18. The van der Waals surface area contributed by atoms with Gasteiger partial charge in [0.2, 0.25) is 5.91 Å². The predicted molar refractivity (Wildman–Crippen MR) is 89.9 cm³/mol. The molecule has 0 aliphatic carbocycles. The second kappa shape index (κ2) is 8.34. The highest BCUT2D eigenvalue weighted by molar-refractivity contribution is 5.77. The van der Waals surface area contributed by atoms with Crippen LogP contribution < -0.4 is 5.32 Å². The monoisotopic (exact) mass is 313 g/mol.